The highest BCUT2D eigenvalue weighted by Crippen LogP contribution is 2.36. The molecule has 2 atom stereocenters. The SMILES string of the molecule is CO[Si](OC)(OC)C1C(C)CN1c1ccccc1. The van der Waals surface area contributed by atoms with Crippen LogP contribution in [-0.2, 0) is 13.3 Å². The minimum Gasteiger partial charge on any atom is -0.376 e. The van der Waals surface area contributed by atoms with Crippen molar-refractivity contribution in [2.24, 2.45) is 5.92 Å². The molecule has 0 radical (unpaired) electrons. The smallest absolute Gasteiger partial charge is 0.376 e. The van der Waals surface area contributed by atoms with Crippen LogP contribution >= 0.6 is 0 Å². The zero-order valence-electron chi connectivity index (χ0n) is 11.4. The fourth-order valence-corrected chi connectivity index (χ4v) is 5.39. The van der Waals surface area contributed by atoms with Gasteiger partial charge in [0.15, 0.2) is 0 Å². The van der Waals surface area contributed by atoms with Crippen molar-refractivity contribution in [3.63, 3.8) is 0 Å². The van der Waals surface area contributed by atoms with E-state index in [4.69, 9.17) is 13.3 Å². The molecule has 0 aromatic heterocycles. The molecule has 0 saturated carbocycles. The highest BCUT2D eigenvalue weighted by Gasteiger charge is 2.58. The molecule has 2 rings (SSSR count). The number of rotatable bonds is 5. The Kier molecular flexibility index (Phi) is 4.06. The van der Waals surface area contributed by atoms with Gasteiger partial charge < -0.3 is 18.2 Å². The van der Waals surface area contributed by atoms with Crippen molar-refractivity contribution in [2.45, 2.75) is 12.6 Å². The van der Waals surface area contributed by atoms with Gasteiger partial charge in [0.1, 0.15) is 5.67 Å². The van der Waals surface area contributed by atoms with Crippen molar-refractivity contribution in [3.05, 3.63) is 30.3 Å². The lowest BCUT2D eigenvalue weighted by Crippen LogP contribution is -2.72. The molecule has 1 aromatic carbocycles. The Balaban J connectivity index is 2.25. The molecule has 1 heterocycles. The molecule has 4 nitrogen and oxygen atoms in total. The summed E-state index contributed by atoms with van der Waals surface area (Å²) < 4.78 is 16.8. The zero-order valence-corrected chi connectivity index (χ0v) is 12.4. The van der Waals surface area contributed by atoms with Gasteiger partial charge in [0.25, 0.3) is 0 Å². The molecule has 0 amide bonds. The fraction of sp³-hybridized carbons (Fsp3) is 0.538. The van der Waals surface area contributed by atoms with Crippen LogP contribution < -0.4 is 4.90 Å². The third-order valence-electron chi connectivity index (χ3n) is 3.66. The highest BCUT2D eigenvalue weighted by atomic mass is 28.4. The number of anilines is 1. The first-order valence-corrected chi connectivity index (χ1v) is 7.96. The van der Waals surface area contributed by atoms with Gasteiger partial charge in [-0.05, 0) is 18.1 Å². The van der Waals surface area contributed by atoms with Gasteiger partial charge in [-0.2, -0.15) is 0 Å². The lowest BCUT2D eigenvalue weighted by atomic mass is 10.0. The second kappa shape index (κ2) is 5.40. The minimum atomic E-state index is -2.62. The van der Waals surface area contributed by atoms with Gasteiger partial charge in [-0.1, -0.05) is 25.1 Å². The Morgan fingerprint density at radius 2 is 1.61 bits per heavy atom. The molecule has 5 heteroatoms. The number of hydrogen-bond acceptors (Lipinski definition) is 4. The van der Waals surface area contributed by atoms with Gasteiger partial charge in [0.05, 0.1) is 0 Å². The summed E-state index contributed by atoms with van der Waals surface area (Å²) in [5.41, 5.74) is 1.39. The third-order valence-corrected chi connectivity index (χ3v) is 6.98. The minimum absolute atomic E-state index is 0.194. The molecule has 100 valence electrons. The van der Waals surface area contributed by atoms with E-state index >= 15 is 0 Å². The van der Waals surface area contributed by atoms with E-state index in [1.807, 2.05) is 18.2 Å². The Bertz CT molecular complexity index is 375. The summed E-state index contributed by atoms with van der Waals surface area (Å²) in [7, 11) is 2.41. The van der Waals surface area contributed by atoms with Gasteiger partial charge >= 0.3 is 8.80 Å². The Morgan fingerprint density at radius 3 is 2.06 bits per heavy atom. The van der Waals surface area contributed by atoms with Crippen molar-refractivity contribution in [1.82, 2.24) is 0 Å². The predicted octanol–water partition coefficient (Wildman–Crippen LogP) is 1.93. The summed E-state index contributed by atoms with van der Waals surface area (Å²) >= 11 is 0. The average molecular weight is 267 g/mol. The molecule has 2 unspecified atom stereocenters. The summed E-state index contributed by atoms with van der Waals surface area (Å²) in [5.74, 6) is 0.511. The first kappa shape index (κ1) is 13.5. The molecule has 0 spiro atoms. The van der Waals surface area contributed by atoms with E-state index in [1.165, 1.54) is 5.69 Å². The van der Waals surface area contributed by atoms with Crippen LogP contribution in [0.1, 0.15) is 6.92 Å². The second-order valence-corrected chi connectivity index (χ2v) is 7.65. The van der Waals surface area contributed by atoms with E-state index in [9.17, 15) is 0 Å². The van der Waals surface area contributed by atoms with Crippen LogP contribution in [0.15, 0.2) is 30.3 Å². The number of nitrogens with zero attached hydrogens (tertiary/aromatic N) is 1. The van der Waals surface area contributed by atoms with Crippen LogP contribution in [0, 0.1) is 5.92 Å². The van der Waals surface area contributed by atoms with Crippen molar-refractivity contribution < 1.29 is 13.3 Å². The maximum Gasteiger partial charge on any atom is 0.524 e. The predicted molar refractivity (Wildman–Crippen MR) is 73.5 cm³/mol. The molecular weight excluding hydrogens is 246 g/mol. The second-order valence-electron chi connectivity index (χ2n) is 4.63. The Hall–Kier alpha value is -0.883. The Morgan fingerprint density at radius 1 is 1.06 bits per heavy atom. The molecule has 0 N–H and O–H groups in total. The van der Waals surface area contributed by atoms with Crippen LogP contribution in [0.4, 0.5) is 5.69 Å². The normalized spacial score (nSPS) is 23.9. The quantitative estimate of drug-likeness (QED) is 0.763. The first-order valence-electron chi connectivity index (χ1n) is 6.15. The Labute approximate surface area is 110 Å². The van der Waals surface area contributed by atoms with Gasteiger partial charge in [-0.25, -0.2) is 0 Å². The molecule has 0 aliphatic carbocycles. The highest BCUT2D eigenvalue weighted by molar-refractivity contribution is 6.63. The van der Waals surface area contributed by atoms with E-state index in [-0.39, 0.29) is 5.67 Å². The maximum atomic E-state index is 5.62. The average Bonchev–Trinajstić information content (AvgIpc) is 2.43. The third kappa shape index (κ3) is 2.07. The van der Waals surface area contributed by atoms with Crippen molar-refractivity contribution in [3.8, 4) is 0 Å². The molecule has 1 saturated heterocycles. The molecule has 1 aliphatic rings. The van der Waals surface area contributed by atoms with E-state index in [2.05, 4.69) is 24.0 Å². The first-order chi connectivity index (χ1) is 8.68. The van der Waals surface area contributed by atoms with E-state index in [1.54, 1.807) is 21.3 Å². The van der Waals surface area contributed by atoms with E-state index < -0.39 is 8.80 Å². The number of benzene rings is 1. The van der Waals surface area contributed by atoms with Crippen molar-refractivity contribution >= 4 is 14.5 Å². The lowest BCUT2D eigenvalue weighted by Gasteiger charge is -2.52. The summed E-state index contributed by atoms with van der Waals surface area (Å²) in [6.45, 7) is 3.22. The van der Waals surface area contributed by atoms with Crippen LogP contribution in [0.5, 0.6) is 0 Å². The zero-order chi connectivity index (χ0) is 13.2. The topological polar surface area (TPSA) is 30.9 Å². The number of para-hydroxylation sites is 1. The van der Waals surface area contributed by atoms with Gasteiger partial charge in [0, 0.05) is 33.6 Å². The van der Waals surface area contributed by atoms with Gasteiger partial charge in [-0.3, -0.25) is 0 Å². The van der Waals surface area contributed by atoms with E-state index in [0.717, 1.165) is 6.54 Å². The standard InChI is InChI=1S/C13H21NO3Si/c1-11-10-14(12-8-6-5-7-9-12)13(11)18(15-2,16-3)17-4/h5-9,11,13H,10H2,1-4H3. The van der Waals surface area contributed by atoms with Crippen molar-refractivity contribution in [1.29, 1.82) is 0 Å². The molecule has 1 aliphatic heterocycles. The van der Waals surface area contributed by atoms with Crippen LogP contribution in [0.3, 0.4) is 0 Å². The fourth-order valence-electron chi connectivity index (χ4n) is 2.73. The summed E-state index contributed by atoms with van der Waals surface area (Å²) in [6, 6.07) is 10.3. The molecule has 1 fully saturated rings. The van der Waals surface area contributed by atoms with Crippen LogP contribution in [0.2, 0.25) is 0 Å². The van der Waals surface area contributed by atoms with Crippen LogP contribution in [-0.4, -0.2) is 42.3 Å². The number of hydrogen-bond donors (Lipinski definition) is 0. The molecule has 18 heavy (non-hydrogen) atoms. The largest absolute Gasteiger partial charge is 0.524 e. The van der Waals surface area contributed by atoms with Crippen molar-refractivity contribution in [2.75, 3.05) is 32.8 Å². The molecular formula is C13H21NO3Si. The van der Waals surface area contributed by atoms with Gasteiger partial charge in [0.2, 0.25) is 0 Å². The van der Waals surface area contributed by atoms with Gasteiger partial charge in [-0.15, -0.1) is 0 Å². The molecule has 1 aromatic rings. The monoisotopic (exact) mass is 267 g/mol. The lowest BCUT2D eigenvalue weighted by molar-refractivity contribution is 0.0913. The molecule has 0 bridgehead atoms. The summed E-state index contributed by atoms with van der Waals surface area (Å²) in [6.07, 6.45) is 0. The van der Waals surface area contributed by atoms with Crippen LogP contribution in [0.25, 0.3) is 0 Å². The van der Waals surface area contributed by atoms with E-state index in [0.29, 0.717) is 5.92 Å². The summed E-state index contributed by atoms with van der Waals surface area (Å²) in [4.78, 5) is 2.31. The maximum absolute atomic E-state index is 5.62. The summed E-state index contributed by atoms with van der Waals surface area (Å²) in [5, 5.41) is 0.